The number of hydrogen-bond acceptors (Lipinski definition) is 5. The van der Waals surface area contributed by atoms with E-state index in [1.807, 2.05) is 20.8 Å². The number of halogens is 2. The lowest BCUT2D eigenvalue weighted by Crippen LogP contribution is -2.48. The van der Waals surface area contributed by atoms with Gasteiger partial charge < -0.3 is 14.8 Å². The Morgan fingerprint density at radius 2 is 1.94 bits per heavy atom. The third-order valence-corrected chi connectivity index (χ3v) is 5.02. The Morgan fingerprint density at radius 3 is 2.56 bits per heavy atom. The Hall–Kier alpha value is -2.77. The quantitative estimate of drug-likeness (QED) is 0.381. The summed E-state index contributed by atoms with van der Waals surface area (Å²) < 4.78 is 11.1. The molecule has 1 atom stereocenters. The van der Waals surface area contributed by atoms with Gasteiger partial charge in [0.1, 0.15) is 6.04 Å². The fourth-order valence-electron chi connectivity index (χ4n) is 2.82. The van der Waals surface area contributed by atoms with Crippen molar-refractivity contribution in [2.24, 2.45) is 11.0 Å². The average Bonchev–Trinajstić information content (AvgIpc) is 2.75. The van der Waals surface area contributed by atoms with Gasteiger partial charge in [0.05, 0.1) is 30.5 Å². The maximum Gasteiger partial charge on any atom is 0.262 e. The summed E-state index contributed by atoms with van der Waals surface area (Å²) in [5.74, 6) is -0.0246. The summed E-state index contributed by atoms with van der Waals surface area (Å²) in [5, 5.41) is 7.36. The fourth-order valence-corrected chi connectivity index (χ4v) is 3.31. The highest BCUT2D eigenvalue weighted by molar-refractivity contribution is 6.36. The van der Waals surface area contributed by atoms with Gasteiger partial charge in [-0.3, -0.25) is 9.59 Å². The van der Waals surface area contributed by atoms with Crippen molar-refractivity contribution in [1.29, 1.82) is 0 Å². The Morgan fingerprint density at radius 1 is 1.19 bits per heavy atom. The Kier molecular flexibility index (Phi) is 9.81. The molecule has 2 N–H and O–H groups in total. The molecule has 2 aromatic carbocycles. The second-order valence-electron chi connectivity index (χ2n) is 7.28. The summed E-state index contributed by atoms with van der Waals surface area (Å²) in [5.41, 5.74) is 3.36. The van der Waals surface area contributed by atoms with Gasteiger partial charge in [0.15, 0.2) is 11.5 Å². The molecule has 0 radical (unpaired) electrons. The lowest BCUT2D eigenvalue weighted by atomic mass is 10.0. The number of amides is 2. The fraction of sp³-hybridized carbons (Fsp3) is 0.348. The molecule has 0 spiro atoms. The summed E-state index contributed by atoms with van der Waals surface area (Å²) in [6.45, 7) is 6.15. The first-order chi connectivity index (χ1) is 15.3. The van der Waals surface area contributed by atoms with E-state index in [0.29, 0.717) is 28.7 Å². The van der Waals surface area contributed by atoms with Crippen LogP contribution in [0.4, 0.5) is 0 Å². The van der Waals surface area contributed by atoms with E-state index in [2.05, 4.69) is 15.8 Å². The number of carbonyl (C=O) groups excluding carboxylic acids is 2. The van der Waals surface area contributed by atoms with Gasteiger partial charge in [-0.1, -0.05) is 50.0 Å². The van der Waals surface area contributed by atoms with Crippen LogP contribution in [0, 0.1) is 5.92 Å². The number of ether oxygens (including phenoxy) is 2. The molecule has 0 bridgehead atoms. The highest BCUT2D eigenvalue weighted by atomic mass is 35.5. The number of methoxy groups -OCH3 is 1. The zero-order valence-corrected chi connectivity index (χ0v) is 20.0. The monoisotopic (exact) mass is 479 g/mol. The Labute approximate surface area is 198 Å². The highest BCUT2D eigenvalue weighted by Crippen LogP contribution is 2.30. The predicted octanol–water partition coefficient (Wildman–Crippen LogP) is 4.70. The molecule has 2 aromatic rings. The SMILES string of the molecule is CCCOc1c(/C=N\NC(=O)C(NC(=O)c2ccc(Cl)cc2Cl)C(C)C)cccc1OC. The number of hydrogen-bond donors (Lipinski definition) is 2. The number of carbonyl (C=O) groups is 2. The van der Waals surface area contributed by atoms with Crippen LogP contribution in [0.25, 0.3) is 0 Å². The van der Waals surface area contributed by atoms with Gasteiger partial charge in [-0.05, 0) is 42.7 Å². The second kappa shape index (κ2) is 12.3. The average molecular weight is 480 g/mol. The van der Waals surface area contributed by atoms with E-state index in [-0.39, 0.29) is 16.5 Å². The minimum Gasteiger partial charge on any atom is -0.493 e. The minimum atomic E-state index is -0.826. The molecule has 7 nitrogen and oxygen atoms in total. The zero-order chi connectivity index (χ0) is 23.7. The Balaban J connectivity index is 2.12. The van der Waals surface area contributed by atoms with Gasteiger partial charge >= 0.3 is 0 Å². The van der Waals surface area contributed by atoms with Gasteiger partial charge in [-0.15, -0.1) is 0 Å². The molecule has 2 amide bonds. The molecular weight excluding hydrogens is 453 g/mol. The molecule has 0 fully saturated rings. The molecule has 32 heavy (non-hydrogen) atoms. The highest BCUT2D eigenvalue weighted by Gasteiger charge is 2.25. The molecule has 9 heteroatoms. The van der Waals surface area contributed by atoms with Gasteiger partial charge in [0.25, 0.3) is 11.8 Å². The molecule has 1 unspecified atom stereocenters. The van der Waals surface area contributed by atoms with Crippen LogP contribution >= 0.6 is 23.2 Å². The number of para-hydroxylation sites is 1. The van der Waals surface area contributed by atoms with Crippen LogP contribution in [0.2, 0.25) is 10.0 Å². The number of hydrazone groups is 1. The molecule has 172 valence electrons. The number of rotatable bonds is 10. The first-order valence-electron chi connectivity index (χ1n) is 10.2. The van der Waals surface area contributed by atoms with E-state index in [9.17, 15) is 9.59 Å². The molecule has 0 saturated carbocycles. The normalized spacial score (nSPS) is 12.0. The molecule has 0 aliphatic rings. The minimum absolute atomic E-state index is 0.194. The first kappa shape index (κ1) is 25.5. The van der Waals surface area contributed by atoms with Crippen molar-refractivity contribution in [3.8, 4) is 11.5 Å². The zero-order valence-electron chi connectivity index (χ0n) is 18.4. The van der Waals surface area contributed by atoms with Crippen LogP contribution in [0.15, 0.2) is 41.5 Å². The van der Waals surface area contributed by atoms with E-state index in [0.717, 1.165) is 6.42 Å². The van der Waals surface area contributed by atoms with E-state index >= 15 is 0 Å². The molecule has 2 rings (SSSR count). The molecule has 0 aliphatic carbocycles. The molecule has 0 aromatic heterocycles. The number of nitrogens with zero attached hydrogens (tertiary/aromatic N) is 1. The van der Waals surface area contributed by atoms with Crippen molar-refractivity contribution >= 4 is 41.2 Å². The van der Waals surface area contributed by atoms with Crippen molar-refractivity contribution in [3.63, 3.8) is 0 Å². The van der Waals surface area contributed by atoms with E-state index in [1.54, 1.807) is 31.4 Å². The lowest BCUT2D eigenvalue weighted by Gasteiger charge is -2.20. The maximum atomic E-state index is 12.7. The van der Waals surface area contributed by atoms with Gasteiger partial charge in [-0.25, -0.2) is 5.43 Å². The summed E-state index contributed by atoms with van der Waals surface area (Å²) in [6, 6.07) is 9.10. The maximum absolute atomic E-state index is 12.7. The van der Waals surface area contributed by atoms with Gasteiger partial charge in [0.2, 0.25) is 0 Å². The summed E-state index contributed by atoms with van der Waals surface area (Å²) in [7, 11) is 1.56. The van der Waals surface area contributed by atoms with Crippen molar-refractivity contribution in [3.05, 3.63) is 57.6 Å². The predicted molar refractivity (Wildman–Crippen MR) is 127 cm³/mol. The largest absolute Gasteiger partial charge is 0.493 e. The van der Waals surface area contributed by atoms with Gasteiger partial charge in [0, 0.05) is 10.6 Å². The molecular formula is C23H27Cl2N3O4. The van der Waals surface area contributed by atoms with Crippen molar-refractivity contribution in [2.45, 2.75) is 33.2 Å². The van der Waals surface area contributed by atoms with Crippen LogP contribution in [-0.4, -0.2) is 37.8 Å². The smallest absolute Gasteiger partial charge is 0.262 e. The van der Waals surface area contributed by atoms with Crippen LogP contribution in [0.5, 0.6) is 11.5 Å². The summed E-state index contributed by atoms with van der Waals surface area (Å²) in [4.78, 5) is 25.3. The second-order valence-corrected chi connectivity index (χ2v) is 8.12. The standard InChI is InChI=1S/C23H27Cl2N3O4/c1-5-11-32-21-15(7-6-8-19(21)31-4)13-26-28-23(30)20(14(2)3)27-22(29)17-10-9-16(24)12-18(17)25/h6-10,12-14,20H,5,11H2,1-4H3,(H,27,29)(H,28,30)/b26-13-. The third kappa shape index (κ3) is 6.87. The van der Waals surface area contributed by atoms with Crippen molar-refractivity contribution < 1.29 is 19.1 Å². The topological polar surface area (TPSA) is 89.0 Å². The molecule has 0 saturated heterocycles. The molecule has 0 aliphatic heterocycles. The first-order valence-corrected chi connectivity index (χ1v) is 10.9. The van der Waals surface area contributed by atoms with Gasteiger partial charge in [-0.2, -0.15) is 5.10 Å². The number of benzene rings is 2. The van der Waals surface area contributed by atoms with Crippen LogP contribution in [0.3, 0.4) is 0 Å². The van der Waals surface area contributed by atoms with Crippen LogP contribution < -0.4 is 20.2 Å². The lowest BCUT2D eigenvalue weighted by molar-refractivity contribution is -0.123. The van der Waals surface area contributed by atoms with Crippen LogP contribution in [0.1, 0.15) is 43.1 Å². The summed E-state index contributed by atoms with van der Waals surface area (Å²) >= 11 is 12.0. The van der Waals surface area contributed by atoms with E-state index in [1.165, 1.54) is 18.3 Å². The van der Waals surface area contributed by atoms with Crippen molar-refractivity contribution in [1.82, 2.24) is 10.7 Å². The van der Waals surface area contributed by atoms with Crippen molar-refractivity contribution in [2.75, 3.05) is 13.7 Å². The van der Waals surface area contributed by atoms with E-state index in [4.69, 9.17) is 32.7 Å². The third-order valence-electron chi connectivity index (χ3n) is 4.47. The van der Waals surface area contributed by atoms with Crippen LogP contribution in [-0.2, 0) is 4.79 Å². The number of nitrogens with one attached hydrogen (secondary N) is 2. The molecule has 0 heterocycles. The Bertz CT molecular complexity index is 980. The van der Waals surface area contributed by atoms with E-state index < -0.39 is 17.9 Å². The summed E-state index contributed by atoms with van der Waals surface area (Å²) in [6.07, 6.45) is 2.31.